The van der Waals surface area contributed by atoms with Gasteiger partial charge in [-0.15, -0.1) is 0 Å². The zero-order chi connectivity index (χ0) is 26.7. The van der Waals surface area contributed by atoms with E-state index < -0.39 is 11.6 Å². The quantitative estimate of drug-likeness (QED) is 0.331. The number of nitrogens with one attached hydrogen (secondary N) is 1. The molecular formula is C29H32F2N2O5. The maximum Gasteiger partial charge on any atom is 0.241 e. The summed E-state index contributed by atoms with van der Waals surface area (Å²) in [6.07, 6.45) is 0.724. The van der Waals surface area contributed by atoms with E-state index in [1.165, 1.54) is 12.1 Å². The minimum atomic E-state index is -0.651. The Balaban J connectivity index is 1.23. The molecule has 9 heteroatoms. The fourth-order valence-corrected chi connectivity index (χ4v) is 4.28. The van der Waals surface area contributed by atoms with Crippen molar-refractivity contribution in [3.05, 3.63) is 89.5 Å². The van der Waals surface area contributed by atoms with Gasteiger partial charge >= 0.3 is 0 Å². The number of carbonyl (C=O) groups is 1. The maximum atomic E-state index is 13.4. The van der Waals surface area contributed by atoms with E-state index in [4.69, 9.17) is 18.9 Å². The normalized spacial score (nSPS) is 15.5. The molecule has 1 aliphatic heterocycles. The van der Waals surface area contributed by atoms with Gasteiger partial charge < -0.3 is 29.2 Å². The first-order chi connectivity index (χ1) is 18.5. The average molecular weight is 527 g/mol. The van der Waals surface area contributed by atoms with Gasteiger partial charge in [-0.05, 0) is 48.0 Å². The van der Waals surface area contributed by atoms with Gasteiger partial charge in [-0.25, -0.2) is 8.78 Å². The number of carbonyl (C=O) groups excluding carboxylic acids is 1. The van der Waals surface area contributed by atoms with Crippen LogP contribution in [0.4, 0.5) is 14.5 Å². The van der Waals surface area contributed by atoms with Crippen molar-refractivity contribution >= 4 is 11.6 Å². The summed E-state index contributed by atoms with van der Waals surface area (Å²) in [5.74, 6) is 0.122. The van der Waals surface area contributed by atoms with Crippen molar-refractivity contribution < 1.29 is 32.5 Å². The summed E-state index contributed by atoms with van der Waals surface area (Å²) in [6, 6.07) is 18.1. The SMILES string of the molecule is COc1ccccc1COCCCOc1ccc(N2C(=O)CNC[C@@H]2COCc2cc(F)cc(F)c2)cc1. The van der Waals surface area contributed by atoms with Crippen molar-refractivity contribution in [2.45, 2.75) is 25.7 Å². The lowest BCUT2D eigenvalue weighted by molar-refractivity contribution is -0.119. The highest BCUT2D eigenvalue weighted by atomic mass is 19.1. The number of hydrogen-bond acceptors (Lipinski definition) is 6. The minimum Gasteiger partial charge on any atom is -0.496 e. The van der Waals surface area contributed by atoms with Crippen LogP contribution in [0.3, 0.4) is 0 Å². The molecule has 1 atom stereocenters. The molecule has 202 valence electrons. The Hall–Kier alpha value is -3.53. The molecule has 0 aromatic heterocycles. The smallest absolute Gasteiger partial charge is 0.241 e. The molecular weight excluding hydrogens is 494 g/mol. The third-order valence-corrected chi connectivity index (χ3v) is 6.06. The molecule has 0 aliphatic carbocycles. The van der Waals surface area contributed by atoms with Crippen LogP contribution >= 0.6 is 0 Å². The fourth-order valence-electron chi connectivity index (χ4n) is 4.28. The van der Waals surface area contributed by atoms with E-state index >= 15 is 0 Å². The lowest BCUT2D eigenvalue weighted by Crippen LogP contribution is -2.57. The second-order valence-corrected chi connectivity index (χ2v) is 8.90. The number of rotatable bonds is 13. The molecule has 1 fully saturated rings. The number of nitrogens with zero attached hydrogens (tertiary/aromatic N) is 1. The third kappa shape index (κ3) is 7.74. The van der Waals surface area contributed by atoms with Crippen LogP contribution < -0.4 is 19.7 Å². The highest BCUT2D eigenvalue weighted by Gasteiger charge is 2.29. The molecule has 1 heterocycles. The second-order valence-electron chi connectivity index (χ2n) is 8.90. The zero-order valence-electron chi connectivity index (χ0n) is 21.3. The van der Waals surface area contributed by atoms with E-state index in [-0.39, 0.29) is 31.7 Å². The van der Waals surface area contributed by atoms with Crippen LogP contribution in [0.15, 0.2) is 66.7 Å². The molecule has 1 saturated heterocycles. The van der Waals surface area contributed by atoms with Crippen molar-refractivity contribution in [2.24, 2.45) is 0 Å². The number of anilines is 1. The summed E-state index contributed by atoms with van der Waals surface area (Å²) in [5.41, 5.74) is 2.13. The van der Waals surface area contributed by atoms with Gasteiger partial charge in [0.2, 0.25) is 5.91 Å². The number of amides is 1. The summed E-state index contributed by atoms with van der Waals surface area (Å²) in [4.78, 5) is 14.4. The molecule has 4 rings (SSSR count). The molecule has 1 amide bonds. The van der Waals surface area contributed by atoms with Crippen LogP contribution in [0.1, 0.15) is 17.5 Å². The van der Waals surface area contributed by atoms with Gasteiger partial charge in [0.05, 0.1) is 52.7 Å². The van der Waals surface area contributed by atoms with Gasteiger partial charge in [-0.3, -0.25) is 4.79 Å². The number of benzene rings is 3. The lowest BCUT2D eigenvalue weighted by atomic mass is 10.1. The summed E-state index contributed by atoms with van der Waals surface area (Å²) in [6.45, 7) is 2.54. The van der Waals surface area contributed by atoms with Crippen LogP contribution in [-0.4, -0.2) is 52.0 Å². The summed E-state index contributed by atoms with van der Waals surface area (Å²) in [5, 5.41) is 3.09. The van der Waals surface area contributed by atoms with Crippen molar-refractivity contribution in [2.75, 3.05) is 44.9 Å². The summed E-state index contributed by atoms with van der Waals surface area (Å²) in [7, 11) is 1.64. The Kier molecular flexibility index (Phi) is 10.0. The van der Waals surface area contributed by atoms with Crippen LogP contribution in [0.5, 0.6) is 11.5 Å². The van der Waals surface area contributed by atoms with Gasteiger partial charge in [0.1, 0.15) is 23.1 Å². The van der Waals surface area contributed by atoms with Crippen LogP contribution in [0.25, 0.3) is 0 Å². The van der Waals surface area contributed by atoms with Gasteiger partial charge in [-0.2, -0.15) is 0 Å². The van der Waals surface area contributed by atoms with E-state index in [0.29, 0.717) is 37.7 Å². The fraction of sp³-hybridized carbons (Fsp3) is 0.345. The maximum absolute atomic E-state index is 13.4. The molecule has 7 nitrogen and oxygen atoms in total. The van der Waals surface area contributed by atoms with Crippen molar-refractivity contribution in [3.8, 4) is 11.5 Å². The monoisotopic (exact) mass is 526 g/mol. The Morgan fingerprint density at radius 1 is 0.947 bits per heavy atom. The van der Waals surface area contributed by atoms with E-state index in [1.807, 2.05) is 48.5 Å². The molecule has 3 aromatic rings. The second kappa shape index (κ2) is 13.9. The van der Waals surface area contributed by atoms with Crippen molar-refractivity contribution in [1.82, 2.24) is 5.32 Å². The largest absolute Gasteiger partial charge is 0.496 e. The van der Waals surface area contributed by atoms with Gasteiger partial charge in [0, 0.05) is 30.3 Å². The Morgan fingerprint density at radius 2 is 1.71 bits per heavy atom. The number of ether oxygens (including phenoxy) is 4. The molecule has 1 aliphatic rings. The number of para-hydroxylation sites is 1. The van der Waals surface area contributed by atoms with Crippen molar-refractivity contribution in [3.63, 3.8) is 0 Å². The van der Waals surface area contributed by atoms with Crippen LogP contribution in [0, 0.1) is 11.6 Å². The molecule has 1 N–H and O–H groups in total. The highest BCUT2D eigenvalue weighted by molar-refractivity contribution is 5.96. The zero-order valence-corrected chi connectivity index (χ0v) is 21.3. The Morgan fingerprint density at radius 3 is 2.47 bits per heavy atom. The minimum absolute atomic E-state index is 0.0442. The highest BCUT2D eigenvalue weighted by Crippen LogP contribution is 2.24. The number of methoxy groups -OCH3 is 1. The van der Waals surface area contributed by atoms with Gasteiger partial charge in [0.25, 0.3) is 0 Å². The first-order valence-corrected chi connectivity index (χ1v) is 12.5. The van der Waals surface area contributed by atoms with Gasteiger partial charge in [-0.1, -0.05) is 18.2 Å². The lowest BCUT2D eigenvalue weighted by Gasteiger charge is -2.36. The van der Waals surface area contributed by atoms with E-state index in [0.717, 1.165) is 29.5 Å². The predicted molar refractivity (Wildman–Crippen MR) is 139 cm³/mol. The number of halogens is 2. The molecule has 0 saturated carbocycles. The first kappa shape index (κ1) is 27.5. The molecule has 0 radical (unpaired) electrons. The molecule has 0 bridgehead atoms. The number of hydrogen-bond donors (Lipinski definition) is 1. The van der Waals surface area contributed by atoms with E-state index in [2.05, 4.69) is 5.32 Å². The molecule has 0 unspecified atom stereocenters. The summed E-state index contributed by atoms with van der Waals surface area (Å²) < 4.78 is 49.4. The molecule has 3 aromatic carbocycles. The predicted octanol–water partition coefficient (Wildman–Crippen LogP) is 4.48. The Bertz CT molecular complexity index is 1170. The van der Waals surface area contributed by atoms with Gasteiger partial charge in [0.15, 0.2) is 0 Å². The summed E-state index contributed by atoms with van der Waals surface area (Å²) >= 11 is 0. The average Bonchev–Trinajstić information content (AvgIpc) is 2.91. The third-order valence-electron chi connectivity index (χ3n) is 6.06. The van der Waals surface area contributed by atoms with E-state index in [9.17, 15) is 13.6 Å². The number of piperazine rings is 1. The van der Waals surface area contributed by atoms with E-state index in [1.54, 1.807) is 12.0 Å². The van der Waals surface area contributed by atoms with Crippen LogP contribution in [-0.2, 0) is 27.5 Å². The van der Waals surface area contributed by atoms with Crippen LogP contribution in [0.2, 0.25) is 0 Å². The molecule has 0 spiro atoms. The standard InChI is InChI=1S/C29H32F2N2O5/c1-35-28-6-3-2-5-22(28)19-36-11-4-12-38-27-9-7-25(8-10-27)33-26(16-32-17-29(33)34)20-37-18-21-13-23(30)15-24(31)14-21/h2-3,5-10,13-15,26,32H,4,11-12,16-20H2,1H3/t26-/m1/s1. The van der Waals surface area contributed by atoms with Crippen molar-refractivity contribution in [1.29, 1.82) is 0 Å². The topological polar surface area (TPSA) is 69.3 Å². The first-order valence-electron chi connectivity index (χ1n) is 12.5. The Labute approximate surface area is 221 Å². The molecule has 38 heavy (non-hydrogen) atoms.